The lowest BCUT2D eigenvalue weighted by Gasteiger charge is -2.03. The molecule has 2 aromatic carbocycles. The summed E-state index contributed by atoms with van der Waals surface area (Å²) in [6.07, 6.45) is 0.453. The number of oxazole rings is 1. The summed E-state index contributed by atoms with van der Waals surface area (Å²) in [5.74, 6) is 1.27. The van der Waals surface area contributed by atoms with Crippen molar-refractivity contribution in [2.24, 2.45) is 0 Å². The molecule has 1 amide bonds. The second kappa shape index (κ2) is 5.89. The van der Waals surface area contributed by atoms with Crippen LogP contribution in [-0.4, -0.2) is 18.0 Å². The van der Waals surface area contributed by atoms with Crippen LogP contribution in [-0.2, 0) is 4.79 Å². The van der Waals surface area contributed by atoms with Crippen molar-refractivity contribution in [2.45, 2.75) is 13.3 Å². The first-order valence-corrected chi connectivity index (χ1v) is 7.04. The smallest absolute Gasteiger partial charge is 0.227 e. The quantitative estimate of drug-likeness (QED) is 0.794. The Balaban J connectivity index is 1.88. The first kappa shape index (κ1) is 14.1. The average molecular weight is 296 g/mol. The summed E-state index contributed by atoms with van der Waals surface area (Å²) in [6, 6.07) is 12.9. The summed E-state index contributed by atoms with van der Waals surface area (Å²) in [4.78, 5) is 15.8. The third-order valence-electron chi connectivity index (χ3n) is 3.33. The molecule has 0 aliphatic heterocycles. The Morgan fingerprint density at radius 1 is 1.23 bits per heavy atom. The van der Waals surface area contributed by atoms with E-state index in [-0.39, 0.29) is 5.91 Å². The van der Waals surface area contributed by atoms with Crippen LogP contribution >= 0.6 is 0 Å². The third-order valence-corrected chi connectivity index (χ3v) is 3.33. The van der Waals surface area contributed by atoms with Crippen molar-refractivity contribution in [2.75, 3.05) is 12.4 Å². The molecule has 1 heterocycles. The highest BCUT2D eigenvalue weighted by molar-refractivity contribution is 5.90. The molecule has 0 radical (unpaired) electrons. The Hall–Kier alpha value is -2.82. The van der Waals surface area contributed by atoms with Gasteiger partial charge in [-0.1, -0.05) is 6.92 Å². The van der Waals surface area contributed by atoms with Crippen LogP contribution in [0.25, 0.3) is 22.6 Å². The van der Waals surface area contributed by atoms with Gasteiger partial charge in [0.25, 0.3) is 0 Å². The molecule has 0 saturated carbocycles. The maximum absolute atomic E-state index is 11.4. The minimum Gasteiger partial charge on any atom is -0.497 e. The van der Waals surface area contributed by atoms with E-state index in [9.17, 15) is 4.79 Å². The van der Waals surface area contributed by atoms with Crippen LogP contribution in [0.1, 0.15) is 13.3 Å². The van der Waals surface area contributed by atoms with E-state index in [4.69, 9.17) is 9.15 Å². The number of amides is 1. The number of rotatable bonds is 4. The standard InChI is InChI=1S/C17H16N2O3/c1-3-16(20)18-12-6-4-11(5-7-12)17-19-14-10-13(21-2)8-9-15(14)22-17/h4-10H,3H2,1-2H3,(H,18,20). The molecule has 5 heteroatoms. The van der Waals surface area contributed by atoms with Crippen LogP contribution in [0.4, 0.5) is 5.69 Å². The number of ether oxygens (including phenoxy) is 1. The molecule has 0 saturated heterocycles. The maximum Gasteiger partial charge on any atom is 0.227 e. The molecular weight excluding hydrogens is 280 g/mol. The Morgan fingerprint density at radius 2 is 2.00 bits per heavy atom. The summed E-state index contributed by atoms with van der Waals surface area (Å²) < 4.78 is 10.9. The van der Waals surface area contributed by atoms with Crippen LogP contribution in [0.3, 0.4) is 0 Å². The van der Waals surface area contributed by atoms with E-state index in [2.05, 4.69) is 10.3 Å². The molecule has 0 fully saturated rings. The van der Waals surface area contributed by atoms with Crippen LogP contribution in [0.2, 0.25) is 0 Å². The van der Waals surface area contributed by atoms with Gasteiger partial charge in [0.05, 0.1) is 7.11 Å². The van der Waals surface area contributed by atoms with Crippen molar-refractivity contribution in [3.63, 3.8) is 0 Å². The number of nitrogens with one attached hydrogen (secondary N) is 1. The van der Waals surface area contributed by atoms with Crippen LogP contribution < -0.4 is 10.1 Å². The van der Waals surface area contributed by atoms with Crippen molar-refractivity contribution in [1.29, 1.82) is 0 Å². The zero-order valence-corrected chi connectivity index (χ0v) is 12.4. The number of aromatic nitrogens is 1. The number of hydrogen-bond donors (Lipinski definition) is 1. The minimum atomic E-state index is -0.0123. The Labute approximate surface area is 127 Å². The van der Waals surface area contributed by atoms with Crippen LogP contribution in [0, 0.1) is 0 Å². The van der Waals surface area contributed by atoms with Gasteiger partial charge in [-0.25, -0.2) is 4.98 Å². The van der Waals surface area contributed by atoms with Gasteiger partial charge in [-0.15, -0.1) is 0 Å². The van der Waals surface area contributed by atoms with Gasteiger partial charge in [0.15, 0.2) is 5.58 Å². The Kier molecular flexibility index (Phi) is 3.78. The lowest BCUT2D eigenvalue weighted by molar-refractivity contribution is -0.115. The van der Waals surface area contributed by atoms with E-state index < -0.39 is 0 Å². The number of nitrogens with zero attached hydrogens (tertiary/aromatic N) is 1. The van der Waals surface area contributed by atoms with Gasteiger partial charge in [0.2, 0.25) is 11.8 Å². The zero-order valence-electron chi connectivity index (χ0n) is 12.4. The number of carbonyl (C=O) groups excluding carboxylic acids is 1. The fourth-order valence-electron chi connectivity index (χ4n) is 2.10. The predicted octanol–water partition coefficient (Wildman–Crippen LogP) is 3.85. The number of hydrogen-bond acceptors (Lipinski definition) is 4. The molecule has 0 spiro atoms. The van der Waals surface area contributed by atoms with Gasteiger partial charge < -0.3 is 14.5 Å². The number of fused-ring (bicyclic) bond motifs is 1. The summed E-state index contributed by atoms with van der Waals surface area (Å²) in [6.45, 7) is 1.82. The second-order valence-electron chi connectivity index (χ2n) is 4.83. The van der Waals surface area contributed by atoms with Crippen molar-refractivity contribution < 1.29 is 13.9 Å². The Morgan fingerprint density at radius 3 is 2.68 bits per heavy atom. The van der Waals surface area contributed by atoms with Gasteiger partial charge in [0, 0.05) is 23.7 Å². The average Bonchev–Trinajstić information content (AvgIpc) is 2.98. The van der Waals surface area contributed by atoms with Gasteiger partial charge in [0.1, 0.15) is 11.3 Å². The molecule has 3 aromatic rings. The van der Waals surface area contributed by atoms with E-state index in [1.165, 1.54) is 0 Å². The van der Waals surface area contributed by atoms with Crippen molar-refractivity contribution in [3.05, 3.63) is 42.5 Å². The molecule has 22 heavy (non-hydrogen) atoms. The summed E-state index contributed by atoms with van der Waals surface area (Å²) in [7, 11) is 1.62. The fourth-order valence-corrected chi connectivity index (χ4v) is 2.10. The number of carbonyl (C=O) groups is 1. The normalized spacial score (nSPS) is 10.6. The first-order chi connectivity index (χ1) is 10.7. The number of benzene rings is 2. The van der Waals surface area contributed by atoms with Gasteiger partial charge in [-0.2, -0.15) is 0 Å². The van der Waals surface area contributed by atoms with E-state index >= 15 is 0 Å². The molecule has 5 nitrogen and oxygen atoms in total. The lowest BCUT2D eigenvalue weighted by Crippen LogP contribution is -2.08. The fraction of sp³-hybridized carbons (Fsp3) is 0.176. The number of methoxy groups -OCH3 is 1. The summed E-state index contributed by atoms with van der Waals surface area (Å²) in [5.41, 5.74) is 3.06. The predicted molar refractivity (Wildman–Crippen MR) is 84.9 cm³/mol. The van der Waals surface area contributed by atoms with Gasteiger partial charge >= 0.3 is 0 Å². The highest BCUT2D eigenvalue weighted by Crippen LogP contribution is 2.27. The molecule has 0 aliphatic carbocycles. The zero-order chi connectivity index (χ0) is 15.5. The lowest BCUT2D eigenvalue weighted by atomic mass is 10.2. The van der Waals surface area contributed by atoms with Crippen molar-refractivity contribution in [1.82, 2.24) is 4.98 Å². The number of anilines is 1. The highest BCUT2D eigenvalue weighted by atomic mass is 16.5. The monoisotopic (exact) mass is 296 g/mol. The molecule has 0 bridgehead atoms. The molecule has 0 atom stereocenters. The van der Waals surface area contributed by atoms with E-state index in [1.54, 1.807) is 7.11 Å². The molecular formula is C17H16N2O3. The maximum atomic E-state index is 11.4. The van der Waals surface area contributed by atoms with Crippen molar-refractivity contribution >= 4 is 22.7 Å². The summed E-state index contributed by atoms with van der Waals surface area (Å²) >= 11 is 0. The molecule has 0 unspecified atom stereocenters. The van der Waals surface area contributed by atoms with Crippen molar-refractivity contribution in [3.8, 4) is 17.2 Å². The van der Waals surface area contributed by atoms with Gasteiger partial charge in [-0.3, -0.25) is 4.79 Å². The minimum absolute atomic E-state index is 0.0123. The molecule has 0 aliphatic rings. The van der Waals surface area contributed by atoms with E-state index in [0.29, 0.717) is 17.9 Å². The highest BCUT2D eigenvalue weighted by Gasteiger charge is 2.09. The van der Waals surface area contributed by atoms with E-state index in [1.807, 2.05) is 49.4 Å². The molecule has 3 rings (SSSR count). The first-order valence-electron chi connectivity index (χ1n) is 7.04. The van der Waals surface area contributed by atoms with Crippen LogP contribution in [0.15, 0.2) is 46.9 Å². The Bertz CT molecular complexity index is 806. The SMILES string of the molecule is CCC(=O)Nc1ccc(-c2nc3cc(OC)ccc3o2)cc1. The third kappa shape index (κ3) is 2.79. The molecule has 112 valence electrons. The van der Waals surface area contributed by atoms with E-state index in [0.717, 1.165) is 22.5 Å². The topological polar surface area (TPSA) is 64.4 Å². The van der Waals surface area contributed by atoms with Gasteiger partial charge in [-0.05, 0) is 36.4 Å². The molecule has 1 aromatic heterocycles. The molecule has 1 N–H and O–H groups in total. The second-order valence-corrected chi connectivity index (χ2v) is 4.83. The largest absolute Gasteiger partial charge is 0.497 e. The summed E-state index contributed by atoms with van der Waals surface area (Å²) in [5, 5.41) is 2.81. The van der Waals surface area contributed by atoms with Crippen LogP contribution in [0.5, 0.6) is 5.75 Å².